The molecular weight excluding hydrogens is 351 g/mol. The summed E-state index contributed by atoms with van der Waals surface area (Å²) in [7, 11) is 1.58. The molecule has 0 spiro atoms. The number of fused-ring (bicyclic) bond motifs is 1. The SMILES string of the molecule is CCC1COc2c(OC)ccc(C(=O)Nc3c(Cl)cncc3Cl)c21. The number of hydrogen-bond acceptors (Lipinski definition) is 4. The number of methoxy groups -OCH3 is 1. The van der Waals surface area contributed by atoms with Crippen LogP contribution in [0, 0.1) is 0 Å². The first-order valence-corrected chi connectivity index (χ1v) is 8.26. The van der Waals surface area contributed by atoms with Crippen LogP contribution in [0.1, 0.15) is 35.2 Å². The highest BCUT2D eigenvalue weighted by molar-refractivity contribution is 6.39. The molecule has 0 bridgehead atoms. The van der Waals surface area contributed by atoms with Crippen molar-refractivity contribution in [1.82, 2.24) is 4.98 Å². The molecule has 1 aliphatic rings. The van der Waals surface area contributed by atoms with Crippen molar-refractivity contribution >= 4 is 34.8 Å². The topological polar surface area (TPSA) is 60.5 Å². The van der Waals surface area contributed by atoms with Crippen LogP contribution in [0.3, 0.4) is 0 Å². The molecule has 1 N–H and O–H groups in total. The van der Waals surface area contributed by atoms with Crippen LogP contribution in [-0.2, 0) is 0 Å². The monoisotopic (exact) mass is 366 g/mol. The average Bonchev–Trinajstić information content (AvgIpc) is 3.01. The Kier molecular flexibility index (Phi) is 4.83. The molecule has 2 aromatic rings. The second-order valence-electron chi connectivity index (χ2n) is 5.41. The predicted molar refractivity (Wildman–Crippen MR) is 93.7 cm³/mol. The fourth-order valence-electron chi connectivity index (χ4n) is 2.79. The van der Waals surface area contributed by atoms with Gasteiger partial charge in [-0.25, -0.2) is 0 Å². The molecule has 0 radical (unpaired) electrons. The summed E-state index contributed by atoms with van der Waals surface area (Å²) in [6, 6.07) is 3.45. The van der Waals surface area contributed by atoms with Crippen LogP contribution in [0.5, 0.6) is 11.5 Å². The second-order valence-corrected chi connectivity index (χ2v) is 6.22. The van der Waals surface area contributed by atoms with Crippen LogP contribution in [0.2, 0.25) is 10.0 Å². The molecule has 1 aromatic heterocycles. The van der Waals surface area contributed by atoms with E-state index in [1.165, 1.54) is 12.4 Å². The molecule has 1 atom stereocenters. The Morgan fingerprint density at radius 2 is 2.08 bits per heavy atom. The van der Waals surface area contributed by atoms with Crippen LogP contribution in [-0.4, -0.2) is 24.6 Å². The van der Waals surface area contributed by atoms with E-state index in [9.17, 15) is 4.79 Å². The summed E-state index contributed by atoms with van der Waals surface area (Å²) >= 11 is 12.2. The van der Waals surface area contributed by atoms with Crippen molar-refractivity contribution in [2.75, 3.05) is 19.0 Å². The van der Waals surface area contributed by atoms with E-state index in [2.05, 4.69) is 17.2 Å². The summed E-state index contributed by atoms with van der Waals surface area (Å²) in [5.41, 5.74) is 1.73. The Morgan fingerprint density at radius 3 is 2.71 bits per heavy atom. The van der Waals surface area contributed by atoms with E-state index in [0.717, 1.165) is 12.0 Å². The normalized spacial score (nSPS) is 15.6. The van der Waals surface area contributed by atoms with Crippen molar-refractivity contribution in [3.63, 3.8) is 0 Å². The number of benzene rings is 1. The quantitative estimate of drug-likeness (QED) is 0.862. The molecule has 1 amide bonds. The molecule has 0 aliphatic carbocycles. The van der Waals surface area contributed by atoms with Gasteiger partial charge in [-0.05, 0) is 18.6 Å². The molecule has 24 heavy (non-hydrogen) atoms. The number of amides is 1. The van der Waals surface area contributed by atoms with Gasteiger partial charge in [0.05, 0.1) is 29.4 Å². The predicted octanol–water partition coefficient (Wildman–Crippen LogP) is 4.54. The number of ether oxygens (including phenoxy) is 2. The Balaban J connectivity index is 2.01. The minimum Gasteiger partial charge on any atom is -0.493 e. The summed E-state index contributed by atoms with van der Waals surface area (Å²) < 4.78 is 11.1. The molecule has 1 unspecified atom stereocenters. The van der Waals surface area contributed by atoms with E-state index in [1.807, 2.05) is 0 Å². The number of aromatic nitrogens is 1. The van der Waals surface area contributed by atoms with Gasteiger partial charge in [0.1, 0.15) is 0 Å². The number of carbonyl (C=O) groups excluding carboxylic acids is 1. The van der Waals surface area contributed by atoms with E-state index in [1.54, 1.807) is 19.2 Å². The van der Waals surface area contributed by atoms with Crippen LogP contribution in [0.25, 0.3) is 0 Å². The van der Waals surface area contributed by atoms with Crippen LogP contribution in [0.4, 0.5) is 5.69 Å². The molecule has 5 nitrogen and oxygen atoms in total. The summed E-state index contributed by atoms with van der Waals surface area (Å²) in [5, 5.41) is 3.33. The van der Waals surface area contributed by atoms with E-state index >= 15 is 0 Å². The molecule has 126 valence electrons. The molecule has 3 rings (SSSR count). The Hall–Kier alpha value is -1.98. The van der Waals surface area contributed by atoms with Crippen LogP contribution < -0.4 is 14.8 Å². The van der Waals surface area contributed by atoms with Crippen LogP contribution >= 0.6 is 23.2 Å². The zero-order valence-electron chi connectivity index (χ0n) is 13.2. The average molecular weight is 367 g/mol. The number of halogens is 2. The van der Waals surface area contributed by atoms with Crippen molar-refractivity contribution < 1.29 is 14.3 Å². The fourth-order valence-corrected chi connectivity index (χ4v) is 3.25. The number of carbonyl (C=O) groups is 1. The van der Waals surface area contributed by atoms with Gasteiger partial charge in [-0.3, -0.25) is 9.78 Å². The van der Waals surface area contributed by atoms with Crippen molar-refractivity contribution in [3.8, 4) is 11.5 Å². The van der Waals surface area contributed by atoms with Crippen molar-refractivity contribution in [1.29, 1.82) is 0 Å². The molecule has 0 saturated heterocycles. The van der Waals surface area contributed by atoms with Gasteiger partial charge in [0.15, 0.2) is 11.5 Å². The molecule has 0 saturated carbocycles. The van der Waals surface area contributed by atoms with Crippen molar-refractivity contribution in [3.05, 3.63) is 45.7 Å². The minimum atomic E-state index is -0.298. The number of rotatable bonds is 4. The largest absolute Gasteiger partial charge is 0.493 e. The van der Waals surface area contributed by atoms with Gasteiger partial charge in [-0.2, -0.15) is 0 Å². The van der Waals surface area contributed by atoms with Crippen LogP contribution in [0.15, 0.2) is 24.5 Å². The third-order valence-corrected chi connectivity index (χ3v) is 4.62. The highest BCUT2D eigenvalue weighted by atomic mass is 35.5. The summed E-state index contributed by atoms with van der Waals surface area (Å²) in [5.74, 6) is 1.09. The lowest BCUT2D eigenvalue weighted by atomic mass is 9.93. The Labute approximate surface area is 149 Å². The maximum absolute atomic E-state index is 12.8. The number of nitrogens with zero attached hydrogens (tertiary/aromatic N) is 1. The third-order valence-electron chi connectivity index (χ3n) is 4.05. The van der Waals surface area contributed by atoms with E-state index in [0.29, 0.717) is 29.4 Å². The Morgan fingerprint density at radius 1 is 1.38 bits per heavy atom. The summed E-state index contributed by atoms with van der Waals surface area (Å²) in [6.45, 7) is 2.59. The van der Waals surface area contributed by atoms with Gasteiger partial charge in [0.2, 0.25) is 0 Å². The van der Waals surface area contributed by atoms with Gasteiger partial charge < -0.3 is 14.8 Å². The zero-order chi connectivity index (χ0) is 17.3. The van der Waals surface area contributed by atoms with Gasteiger partial charge >= 0.3 is 0 Å². The standard InChI is InChI=1S/C17H16Cl2N2O3/c1-3-9-8-24-16-13(23-2)5-4-10(14(9)16)17(22)21-15-11(18)6-20-7-12(15)19/h4-7,9H,3,8H2,1-2H3,(H,20,21,22). The lowest BCUT2D eigenvalue weighted by molar-refractivity contribution is 0.102. The third kappa shape index (κ3) is 2.89. The van der Waals surface area contributed by atoms with E-state index in [-0.39, 0.29) is 21.9 Å². The molecule has 0 fully saturated rings. The van der Waals surface area contributed by atoms with Crippen molar-refractivity contribution in [2.24, 2.45) is 0 Å². The van der Waals surface area contributed by atoms with Gasteiger partial charge in [-0.15, -0.1) is 0 Å². The first kappa shape index (κ1) is 16.9. The lowest BCUT2D eigenvalue weighted by Gasteiger charge is -2.14. The number of hydrogen-bond donors (Lipinski definition) is 1. The molecular formula is C17H16Cl2N2O3. The maximum atomic E-state index is 12.8. The molecule has 1 aromatic carbocycles. The van der Waals surface area contributed by atoms with E-state index < -0.39 is 0 Å². The van der Waals surface area contributed by atoms with Crippen molar-refractivity contribution in [2.45, 2.75) is 19.3 Å². The molecule has 7 heteroatoms. The van der Waals surface area contributed by atoms with E-state index in [4.69, 9.17) is 32.7 Å². The van der Waals surface area contributed by atoms with Gasteiger partial charge in [0.25, 0.3) is 5.91 Å². The Bertz CT molecular complexity index is 775. The number of nitrogens with one attached hydrogen (secondary N) is 1. The first-order valence-electron chi connectivity index (χ1n) is 7.50. The first-order chi connectivity index (χ1) is 11.6. The highest BCUT2D eigenvalue weighted by Crippen LogP contribution is 2.44. The lowest BCUT2D eigenvalue weighted by Crippen LogP contribution is -2.16. The second kappa shape index (κ2) is 6.87. The molecule has 2 heterocycles. The minimum absolute atomic E-state index is 0.138. The summed E-state index contributed by atoms with van der Waals surface area (Å²) in [4.78, 5) is 16.7. The number of anilines is 1. The zero-order valence-corrected chi connectivity index (χ0v) is 14.7. The smallest absolute Gasteiger partial charge is 0.256 e. The fraction of sp³-hybridized carbons (Fsp3) is 0.294. The summed E-state index contributed by atoms with van der Waals surface area (Å²) in [6.07, 6.45) is 3.72. The van der Waals surface area contributed by atoms with Gasteiger partial charge in [0, 0.05) is 29.4 Å². The molecule has 1 aliphatic heterocycles. The maximum Gasteiger partial charge on any atom is 0.256 e. The number of pyridine rings is 1. The highest BCUT2D eigenvalue weighted by Gasteiger charge is 2.31. The van der Waals surface area contributed by atoms with Gasteiger partial charge in [-0.1, -0.05) is 30.1 Å².